The third-order valence-electron chi connectivity index (χ3n) is 4.80. The number of aryl methyl sites for hydroxylation is 1. The first-order valence-electron chi connectivity index (χ1n) is 8.87. The van der Waals surface area contributed by atoms with Crippen LogP contribution in [0.5, 0.6) is 5.75 Å². The van der Waals surface area contributed by atoms with Crippen molar-refractivity contribution in [1.82, 2.24) is 4.57 Å². The normalized spacial score (nSPS) is 14.5. The summed E-state index contributed by atoms with van der Waals surface area (Å²) in [5.41, 5.74) is 1.07. The molecule has 1 saturated heterocycles. The summed E-state index contributed by atoms with van der Waals surface area (Å²) in [5.74, 6) is -0.608. The number of nitrogens with one attached hydrogen (secondary N) is 1. The lowest BCUT2D eigenvalue weighted by Gasteiger charge is -2.18. The van der Waals surface area contributed by atoms with Crippen LogP contribution in [0.4, 0.5) is 11.4 Å². The molecule has 0 spiro atoms. The monoisotopic (exact) mass is 447 g/mol. The van der Waals surface area contributed by atoms with Crippen LogP contribution in [0.3, 0.4) is 0 Å². The minimum Gasteiger partial charge on any atom is -0.495 e. The molecular formula is C19H17N3O6S2. The smallest absolute Gasteiger partial charge is 0.307 e. The van der Waals surface area contributed by atoms with Crippen LogP contribution in [-0.2, 0) is 26.7 Å². The van der Waals surface area contributed by atoms with Crippen molar-refractivity contribution in [3.8, 4) is 5.75 Å². The molecule has 0 radical (unpaired) electrons. The van der Waals surface area contributed by atoms with Gasteiger partial charge < -0.3 is 9.30 Å². The molecule has 2 amide bonds. The lowest BCUT2D eigenvalue weighted by Crippen LogP contribution is -2.29. The van der Waals surface area contributed by atoms with Crippen LogP contribution < -0.4 is 19.2 Å². The molecule has 1 aromatic heterocycles. The van der Waals surface area contributed by atoms with Crippen LogP contribution >= 0.6 is 11.3 Å². The zero-order valence-corrected chi connectivity index (χ0v) is 17.7. The number of rotatable bonds is 5. The first-order chi connectivity index (χ1) is 14.2. The number of methoxy groups -OCH3 is 1. The quantitative estimate of drug-likeness (QED) is 0.599. The van der Waals surface area contributed by atoms with Gasteiger partial charge >= 0.3 is 4.87 Å². The predicted molar refractivity (Wildman–Crippen MR) is 113 cm³/mol. The third-order valence-corrected chi connectivity index (χ3v) is 7.17. The highest BCUT2D eigenvalue weighted by atomic mass is 32.2. The molecule has 9 nitrogen and oxygen atoms in total. The number of thiazole rings is 1. The number of anilines is 2. The summed E-state index contributed by atoms with van der Waals surface area (Å²) in [5, 5.41) is 0. The molecule has 156 valence electrons. The van der Waals surface area contributed by atoms with Gasteiger partial charge in [-0.05, 0) is 36.4 Å². The molecule has 1 N–H and O–H groups in total. The molecule has 2 aromatic carbocycles. The van der Waals surface area contributed by atoms with Gasteiger partial charge in [0, 0.05) is 19.9 Å². The number of imide groups is 1. The largest absolute Gasteiger partial charge is 0.495 e. The van der Waals surface area contributed by atoms with E-state index in [9.17, 15) is 22.8 Å². The molecule has 0 bridgehead atoms. The molecular weight excluding hydrogens is 430 g/mol. The van der Waals surface area contributed by atoms with Crippen LogP contribution in [0.1, 0.15) is 12.8 Å². The molecule has 0 atom stereocenters. The Bertz CT molecular complexity index is 1340. The van der Waals surface area contributed by atoms with Crippen molar-refractivity contribution in [2.24, 2.45) is 7.05 Å². The number of fused-ring (bicyclic) bond motifs is 1. The maximum atomic E-state index is 12.9. The van der Waals surface area contributed by atoms with E-state index in [1.807, 2.05) is 0 Å². The Morgan fingerprint density at radius 1 is 1.03 bits per heavy atom. The van der Waals surface area contributed by atoms with E-state index in [0.717, 1.165) is 16.2 Å². The number of nitrogens with zero attached hydrogens (tertiary/aromatic N) is 2. The molecule has 2 heterocycles. The minimum atomic E-state index is -4.03. The summed E-state index contributed by atoms with van der Waals surface area (Å²) in [4.78, 5) is 36.7. The zero-order chi connectivity index (χ0) is 21.6. The fourth-order valence-corrected chi connectivity index (χ4v) is 5.26. The molecule has 1 fully saturated rings. The Morgan fingerprint density at radius 2 is 1.73 bits per heavy atom. The number of carbonyl (C=O) groups is 2. The number of amides is 2. The van der Waals surface area contributed by atoms with Crippen molar-refractivity contribution in [3.05, 3.63) is 46.1 Å². The second-order valence-corrected chi connectivity index (χ2v) is 9.35. The highest BCUT2D eigenvalue weighted by Gasteiger charge is 2.33. The van der Waals surface area contributed by atoms with Gasteiger partial charge in [0.1, 0.15) is 5.75 Å². The van der Waals surface area contributed by atoms with E-state index in [2.05, 4.69) is 4.72 Å². The van der Waals surface area contributed by atoms with Crippen molar-refractivity contribution >= 4 is 54.8 Å². The second kappa shape index (κ2) is 7.26. The molecule has 1 aliphatic rings. The highest BCUT2D eigenvalue weighted by molar-refractivity contribution is 7.92. The summed E-state index contributed by atoms with van der Waals surface area (Å²) >= 11 is 1.01. The number of hydrogen-bond donors (Lipinski definition) is 1. The maximum Gasteiger partial charge on any atom is 0.307 e. The summed E-state index contributed by atoms with van der Waals surface area (Å²) < 4.78 is 35.7. The summed E-state index contributed by atoms with van der Waals surface area (Å²) in [6.07, 6.45) is 0.133. The number of hydrogen-bond acceptors (Lipinski definition) is 7. The Hall–Kier alpha value is -3.18. The van der Waals surface area contributed by atoms with Gasteiger partial charge in [0.25, 0.3) is 10.0 Å². The molecule has 0 unspecified atom stereocenters. The van der Waals surface area contributed by atoms with Gasteiger partial charge in [0.2, 0.25) is 11.8 Å². The molecule has 0 aliphatic carbocycles. The number of benzene rings is 2. The van der Waals surface area contributed by atoms with Crippen LogP contribution in [0.2, 0.25) is 0 Å². The van der Waals surface area contributed by atoms with Gasteiger partial charge in [0.05, 0.1) is 33.6 Å². The fraction of sp³-hybridized carbons (Fsp3) is 0.211. The molecule has 3 aromatic rings. The van der Waals surface area contributed by atoms with Gasteiger partial charge in [0.15, 0.2) is 0 Å². The van der Waals surface area contributed by atoms with Gasteiger partial charge in [-0.25, -0.2) is 13.3 Å². The van der Waals surface area contributed by atoms with Crippen LogP contribution in [0.15, 0.2) is 46.1 Å². The van der Waals surface area contributed by atoms with E-state index in [0.29, 0.717) is 10.2 Å². The van der Waals surface area contributed by atoms with Crippen molar-refractivity contribution in [2.45, 2.75) is 17.7 Å². The Morgan fingerprint density at radius 3 is 2.40 bits per heavy atom. The fourth-order valence-electron chi connectivity index (χ4n) is 3.27. The lowest BCUT2D eigenvalue weighted by atomic mass is 10.2. The third kappa shape index (κ3) is 3.35. The molecule has 11 heteroatoms. The number of ether oxygens (including phenoxy) is 1. The van der Waals surface area contributed by atoms with Crippen molar-refractivity contribution < 1.29 is 22.7 Å². The van der Waals surface area contributed by atoms with E-state index in [4.69, 9.17) is 4.74 Å². The van der Waals surface area contributed by atoms with E-state index >= 15 is 0 Å². The SMILES string of the molecule is COc1ccc(S(=O)(=O)Nc2ccc3c(c2)sc(=O)n3C)cc1N1C(=O)CCC1=O. The molecule has 30 heavy (non-hydrogen) atoms. The minimum absolute atomic E-state index is 0.0666. The predicted octanol–water partition coefficient (Wildman–Crippen LogP) is 2.06. The summed E-state index contributed by atoms with van der Waals surface area (Å²) in [6.45, 7) is 0. The second-order valence-electron chi connectivity index (χ2n) is 6.67. The van der Waals surface area contributed by atoms with E-state index in [1.165, 1.54) is 29.9 Å². The van der Waals surface area contributed by atoms with Gasteiger partial charge in [-0.15, -0.1) is 0 Å². The average Bonchev–Trinajstić information content (AvgIpc) is 3.18. The standard InChI is InChI=1S/C19H17N3O6S2/c1-21-13-5-3-11(9-16(13)29-19(21)25)20-30(26,27)12-4-6-15(28-2)14(10-12)22-17(23)7-8-18(22)24/h3-6,9-10,20H,7-8H2,1-2H3. The van der Waals surface area contributed by atoms with Gasteiger partial charge in [-0.1, -0.05) is 11.3 Å². The Kier molecular flexibility index (Phi) is 4.86. The van der Waals surface area contributed by atoms with Crippen LogP contribution in [0.25, 0.3) is 10.2 Å². The van der Waals surface area contributed by atoms with Crippen LogP contribution in [0, 0.1) is 0 Å². The van der Waals surface area contributed by atoms with Gasteiger partial charge in [-0.2, -0.15) is 0 Å². The Balaban J connectivity index is 1.72. The number of aromatic nitrogens is 1. The highest BCUT2D eigenvalue weighted by Crippen LogP contribution is 2.35. The zero-order valence-electron chi connectivity index (χ0n) is 16.0. The van der Waals surface area contributed by atoms with Crippen LogP contribution in [-0.4, -0.2) is 31.9 Å². The topological polar surface area (TPSA) is 115 Å². The average molecular weight is 447 g/mol. The number of carbonyl (C=O) groups excluding carboxylic acids is 2. The van der Waals surface area contributed by atoms with Crippen molar-refractivity contribution in [3.63, 3.8) is 0 Å². The van der Waals surface area contributed by atoms with Crippen molar-refractivity contribution in [1.29, 1.82) is 0 Å². The lowest BCUT2D eigenvalue weighted by molar-refractivity contribution is -0.121. The van der Waals surface area contributed by atoms with E-state index in [-0.39, 0.29) is 39.7 Å². The Labute approximate surface area is 175 Å². The first kappa shape index (κ1) is 20.1. The molecule has 1 aliphatic heterocycles. The maximum absolute atomic E-state index is 12.9. The summed E-state index contributed by atoms with van der Waals surface area (Å²) in [6, 6.07) is 8.76. The first-order valence-corrected chi connectivity index (χ1v) is 11.2. The van der Waals surface area contributed by atoms with E-state index in [1.54, 1.807) is 25.2 Å². The van der Waals surface area contributed by atoms with Crippen molar-refractivity contribution in [2.75, 3.05) is 16.7 Å². The number of sulfonamides is 1. The molecule has 0 saturated carbocycles. The molecule has 4 rings (SSSR count). The van der Waals surface area contributed by atoms with Gasteiger partial charge in [-0.3, -0.25) is 19.1 Å². The van der Waals surface area contributed by atoms with E-state index < -0.39 is 21.8 Å². The summed E-state index contributed by atoms with van der Waals surface area (Å²) in [7, 11) is -1.02.